The molecule has 3 rings (SSSR count). The maximum absolute atomic E-state index is 5.96. The van der Waals surface area contributed by atoms with Gasteiger partial charge >= 0.3 is 0 Å². The third-order valence-corrected chi connectivity index (χ3v) is 6.27. The number of methoxy groups -OCH3 is 2. The average Bonchev–Trinajstić information content (AvgIpc) is 3.23. The van der Waals surface area contributed by atoms with E-state index >= 15 is 0 Å². The zero-order chi connectivity index (χ0) is 21.4. The first-order valence-corrected chi connectivity index (χ1v) is 11.1. The van der Waals surface area contributed by atoms with Crippen LogP contribution in [0.2, 0.25) is 0 Å². The summed E-state index contributed by atoms with van der Waals surface area (Å²) in [4.78, 5) is 2.48. The van der Waals surface area contributed by atoms with Crippen molar-refractivity contribution < 1.29 is 14.2 Å². The number of likely N-dealkylation sites (N-methyl/N-ethyl adjacent to an activating group) is 1. The van der Waals surface area contributed by atoms with E-state index in [1.165, 1.54) is 36.8 Å². The maximum Gasteiger partial charge on any atom is 0.161 e. The summed E-state index contributed by atoms with van der Waals surface area (Å²) < 4.78 is 17.0. The number of nitrogens with zero attached hydrogens (tertiary/aromatic N) is 1. The van der Waals surface area contributed by atoms with Gasteiger partial charge in [0.2, 0.25) is 0 Å². The fourth-order valence-electron chi connectivity index (χ4n) is 4.87. The number of rotatable bonds is 11. The van der Waals surface area contributed by atoms with Crippen molar-refractivity contribution in [3.63, 3.8) is 0 Å². The smallest absolute Gasteiger partial charge is 0.161 e. The van der Waals surface area contributed by atoms with Crippen LogP contribution in [-0.4, -0.2) is 45.9 Å². The van der Waals surface area contributed by atoms with Gasteiger partial charge in [0.25, 0.3) is 0 Å². The van der Waals surface area contributed by atoms with E-state index in [1.807, 2.05) is 12.1 Å². The van der Waals surface area contributed by atoms with Crippen molar-refractivity contribution in [2.75, 3.05) is 41.0 Å². The summed E-state index contributed by atoms with van der Waals surface area (Å²) in [6.07, 6.45) is 5.03. The summed E-state index contributed by atoms with van der Waals surface area (Å²) in [5.41, 5.74) is 2.80. The standard InChI is InChI=1S/C26H37NO3/c1-21(18-30-19-22-10-6-5-7-11-22)17-27(2)20-26(14-8-9-15-26)23-12-13-24(28-3)25(16-23)29-4/h5-7,10-13,16,21H,8-9,14-15,17-20H2,1-4H3/t21-/m1/s1. The molecule has 2 aromatic rings. The van der Waals surface area contributed by atoms with Gasteiger partial charge in [-0.3, -0.25) is 0 Å². The average molecular weight is 412 g/mol. The highest BCUT2D eigenvalue weighted by Gasteiger charge is 2.37. The van der Waals surface area contributed by atoms with Crippen LogP contribution in [0, 0.1) is 5.92 Å². The summed E-state index contributed by atoms with van der Waals surface area (Å²) in [6.45, 7) is 5.83. The van der Waals surface area contributed by atoms with Crippen LogP contribution in [0.5, 0.6) is 11.5 Å². The van der Waals surface area contributed by atoms with Gasteiger partial charge in [0, 0.05) is 18.5 Å². The molecule has 1 fully saturated rings. The fourth-order valence-corrected chi connectivity index (χ4v) is 4.87. The van der Waals surface area contributed by atoms with E-state index in [2.05, 4.69) is 55.3 Å². The van der Waals surface area contributed by atoms with Gasteiger partial charge in [-0.1, -0.05) is 56.2 Å². The molecule has 1 aliphatic carbocycles. The molecule has 0 amide bonds. The highest BCUT2D eigenvalue weighted by atomic mass is 16.5. The Morgan fingerprint density at radius 2 is 1.67 bits per heavy atom. The van der Waals surface area contributed by atoms with E-state index < -0.39 is 0 Å². The van der Waals surface area contributed by atoms with E-state index in [-0.39, 0.29) is 5.41 Å². The lowest BCUT2D eigenvalue weighted by Gasteiger charge is -2.35. The lowest BCUT2D eigenvalue weighted by atomic mass is 9.78. The molecular formula is C26H37NO3. The van der Waals surface area contributed by atoms with Crippen LogP contribution in [0.1, 0.15) is 43.7 Å². The van der Waals surface area contributed by atoms with Crippen LogP contribution in [0.3, 0.4) is 0 Å². The van der Waals surface area contributed by atoms with Crippen LogP contribution < -0.4 is 9.47 Å². The van der Waals surface area contributed by atoms with Crippen molar-refractivity contribution in [2.45, 2.75) is 44.6 Å². The zero-order valence-electron chi connectivity index (χ0n) is 19.0. The fraction of sp³-hybridized carbons (Fsp3) is 0.538. The maximum atomic E-state index is 5.96. The normalized spacial score (nSPS) is 16.6. The Hall–Kier alpha value is -2.04. The van der Waals surface area contributed by atoms with Crippen molar-refractivity contribution in [3.8, 4) is 11.5 Å². The molecular weight excluding hydrogens is 374 g/mol. The van der Waals surface area contributed by atoms with Crippen molar-refractivity contribution in [2.24, 2.45) is 5.92 Å². The lowest BCUT2D eigenvalue weighted by Crippen LogP contribution is -2.39. The van der Waals surface area contributed by atoms with E-state index in [4.69, 9.17) is 14.2 Å². The Morgan fingerprint density at radius 3 is 2.33 bits per heavy atom. The minimum absolute atomic E-state index is 0.193. The van der Waals surface area contributed by atoms with Gasteiger partial charge in [-0.15, -0.1) is 0 Å². The Morgan fingerprint density at radius 1 is 0.967 bits per heavy atom. The summed E-state index contributed by atoms with van der Waals surface area (Å²) in [5.74, 6) is 2.11. The van der Waals surface area contributed by atoms with Crippen molar-refractivity contribution in [1.82, 2.24) is 4.90 Å². The summed E-state index contributed by atoms with van der Waals surface area (Å²) in [5, 5.41) is 0. The van der Waals surface area contributed by atoms with Crippen molar-refractivity contribution >= 4 is 0 Å². The minimum Gasteiger partial charge on any atom is -0.493 e. The quantitative estimate of drug-likeness (QED) is 0.502. The summed E-state index contributed by atoms with van der Waals surface area (Å²) in [7, 11) is 5.65. The largest absolute Gasteiger partial charge is 0.493 e. The number of hydrogen-bond donors (Lipinski definition) is 0. The molecule has 0 aliphatic heterocycles. The van der Waals surface area contributed by atoms with Crippen LogP contribution in [0.4, 0.5) is 0 Å². The van der Waals surface area contributed by atoms with E-state index in [0.29, 0.717) is 12.5 Å². The zero-order valence-corrected chi connectivity index (χ0v) is 19.0. The molecule has 0 aromatic heterocycles. The second-order valence-corrected chi connectivity index (χ2v) is 8.86. The van der Waals surface area contributed by atoms with E-state index in [9.17, 15) is 0 Å². The molecule has 0 spiro atoms. The van der Waals surface area contributed by atoms with Crippen LogP contribution >= 0.6 is 0 Å². The molecule has 0 radical (unpaired) electrons. The first-order valence-electron chi connectivity index (χ1n) is 11.1. The van der Waals surface area contributed by atoms with Gasteiger partial charge in [-0.25, -0.2) is 0 Å². The second-order valence-electron chi connectivity index (χ2n) is 8.86. The van der Waals surface area contributed by atoms with Gasteiger partial charge in [0.1, 0.15) is 0 Å². The minimum atomic E-state index is 0.193. The predicted octanol–water partition coefficient (Wildman–Crippen LogP) is 5.30. The molecule has 30 heavy (non-hydrogen) atoms. The van der Waals surface area contributed by atoms with E-state index in [0.717, 1.165) is 31.2 Å². The molecule has 0 N–H and O–H groups in total. The lowest BCUT2D eigenvalue weighted by molar-refractivity contribution is 0.0769. The topological polar surface area (TPSA) is 30.9 Å². The Balaban J connectivity index is 1.58. The predicted molar refractivity (Wildman–Crippen MR) is 122 cm³/mol. The second kappa shape index (κ2) is 10.8. The summed E-state index contributed by atoms with van der Waals surface area (Å²) >= 11 is 0. The third kappa shape index (κ3) is 5.77. The van der Waals surface area contributed by atoms with Gasteiger partial charge in [-0.2, -0.15) is 0 Å². The molecule has 0 heterocycles. The van der Waals surface area contributed by atoms with Gasteiger partial charge in [-0.05, 0) is 49.1 Å². The molecule has 4 heteroatoms. The number of benzene rings is 2. The van der Waals surface area contributed by atoms with Crippen LogP contribution in [-0.2, 0) is 16.8 Å². The van der Waals surface area contributed by atoms with Crippen LogP contribution in [0.25, 0.3) is 0 Å². The van der Waals surface area contributed by atoms with E-state index in [1.54, 1.807) is 14.2 Å². The molecule has 2 aromatic carbocycles. The first kappa shape index (κ1) is 22.6. The Labute approximate surface area is 182 Å². The molecule has 1 saturated carbocycles. The highest BCUT2D eigenvalue weighted by Crippen LogP contribution is 2.44. The van der Waals surface area contributed by atoms with Gasteiger partial charge in [0.05, 0.1) is 27.4 Å². The monoisotopic (exact) mass is 411 g/mol. The molecule has 0 unspecified atom stereocenters. The van der Waals surface area contributed by atoms with Crippen molar-refractivity contribution in [1.29, 1.82) is 0 Å². The molecule has 0 saturated heterocycles. The molecule has 1 aliphatic rings. The number of ether oxygens (including phenoxy) is 3. The Bertz CT molecular complexity index is 771. The highest BCUT2D eigenvalue weighted by molar-refractivity contribution is 5.45. The van der Waals surface area contributed by atoms with Gasteiger partial charge < -0.3 is 19.1 Å². The number of hydrogen-bond acceptors (Lipinski definition) is 4. The van der Waals surface area contributed by atoms with Gasteiger partial charge in [0.15, 0.2) is 11.5 Å². The first-order chi connectivity index (χ1) is 14.6. The van der Waals surface area contributed by atoms with Crippen molar-refractivity contribution in [3.05, 3.63) is 59.7 Å². The Kier molecular flexibility index (Phi) is 8.17. The molecule has 1 atom stereocenters. The third-order valence-electron chi connectivity index (χ3n) is 6.27. The molecule has 0 bridgehead atoms. The van der Waals surface area contributed by atoms with Crippen LogP contribution in [0.15, 0.2) is 48.5 Å². The summed E-state index contributed by atoms with van der Waals surface area (Å²) in [6, 6.07) is 16.9. The molecule has 164 valence electrons. The SMILES string of the molecule is COc1ccc(C2(CN(C)C[C@@H](C)COCc3ccccc3)CCCC2)cc1OC. The molecule has 4 nitrogen and oxygen atoms in total.